The molecule has 0 bridgehead atoms. The van der Waals surface area contributed by atoms with E-state index in [0.717, 1.165) is 18.3 Å². The Hall–Kier alpha value is -0.680. The fraction of sp³-hybridized carbons (Fsp3) is 0.333. The van der Waals surface area contributed by atoms with Gasteiger partial charge in [0.05, 0.1) is 12.7 Å². The van der Waals surface area contributed by atoms with Crippen molar-refractivity contribution in [1.29, 1.82) is 0 Å². The second kappa shape index (κ2) is 6.31. The molecule has 1 aromatic carbocycles. The first-order valence-corrected chi connectivity index (χ1v) is 6.58. The first-order valence-electron chi connectivity index (χ1n) is 5.00. The molecule has 0 saturated heterocycles. The van der Waals surface area contributed by atoms with Crippen molar-refractivity contribution in [2.45, 2.75) is 16.1 Å². The number of carbonyl (C=O) groups excluding carboxylic acids is 2. The Morgan fingerprint density at radius 1 is 1.35 bits per heavy atom. The van der Waals surface area contributed by atoms with Crippen LogP contribution < -0.4 is 0 Å². The molecule has 0 aliphatic heterocycles. The molecule has 0 atom stereocenters. The van der Waals surface area contributed by atoms with Crippen molar-refractivity contribution in [1.82, 2.24) is 0 Å². The minimum Gasteiger partial charge on any atom is -0.465 e. The Morgan fingerprint density at radius 3 is 2.41 bits per heavy atom. The van der Waals surface area contributed by atoms with Gasteiger partial charge in [-0.3, -0.25) is 0 Å². The van der Waals surface area contributed by atoms with Gasteiger partial charge in [0.15, 0.2) is 0 Å². The Morgan fingerprint density at radius 2 is 1.94 bits per heavy atom. The fourth-order valence-electron chi connectivity index (χ4n) is 1.30. The summed E-state index contributed by atoms with van der Waals surface area (Å²) in [6.07, 6.45) is 2.18. The van der Waals surface area contributed by atoms with E-state index in [2.05, 4.69) is 36.6 Å². The Bertz CT molecular complexity index is 399. The third-order valence-corrected chi connectivity index (χ3v) is 3.46. The van der Waals surface area contributed by atoms with Crippen LogP contribution in [-0.4, -0.2) is 22.6 Å². The third-order valence-electron chi connectivity index (χ3n) is 2.29. The number of hydrogen-bond acceptors (Lipinski definition) is 3. The highest BCUT2D eigenvalue weighted by Gasteiger charge is 2.20. The van der Waals surface area contributed by atoms with E-state index in [1.165, 1.54) is 7.11 Å². The van der Waals surface area contributed by atoms with Crippen LogP contribution in [0.2, 0.25) is 0 Å². The number of methoxy groups -OCH3 is 1. The second-order valence-electron chi connectivity index (χ2n) is 3.57. The lowest BCUT2D eigenvalue weighted by Gasteiger charge is -2.12. The molecule has 0 unspecified atom stereocenters. The van der Waals surface area contributed by atoms with E-state index in [9.17, 15) is 9.59 Å². The minimum absolute atomic E-state index is 0.347. The van der Waals surface area contributed by atoms with Crippen molar-refractivity contribution < 1.29 is 14.3 Å². The maximum Gasteiger partial charge on any atom is 0.337 e. The SMILES string of the molecule is COC(=O)c1ccc(CCC(Br)(Br)C=O)cc1. The monoisotopic (exact) mass is 362 g/mol. The van der Waals surface area contributed by atoms with Crippen molar-refractivity contribution in [2.75, 3.05) is 7.11 Å². The molecule has 0 N–H and O–H groups in total. The van der Waals surface area contributed by atoms with Crippen molar-refractivity contribution in [3.8, 4) is 0 Å². The predicted molar refractivity (Wildman–Crippen MR) is 72.8 cm³/mol. The maximum absolute atomic E-state index is 11.2. The number of hydrogen-bond donors (Lipinski definition) is 0. The average Bonchev–Trinajstić information content (AvgIpc) is 2.36. The van der Waals surface area contributed by atoms with Gasteiger partial charge in [0.25, 0.3) is 0 Å². The van der Waals surface area contributed by atoms with Crippen LogP contribution in [0.3, 0.4) is 0 Å². The number of aldehydes is 1. The molecule has 0 radical (unpaired) electrons. The summed E-state index contributed by atoms with van der Waals surface area (Å²) < 4.78 is 3.94. The fourth-order valence-corrected chi connectivity index (χ4v) is 1.69. The van der Waals surface area contributed by atoms with Crippen LogP contribution >= 0.6 is 31.9 Å². The van der Waals surface area contributed by atoms with Gasteiger partial charge in [-0.2, -0.15) is 0 Å². The lowest BCUT2D eigenvalue weighted by Crippen LogP contribution is -2.13. The van der Waals surface area contributed by atoms with E-state index >= 15 is 0 Å². The van der Waals surface area contributed by atoms with E-state index < -0.39 is 3.23 Å². The Balaban J connectivity index is 2.63. The van der Waals surface area contributed by atoms with Crippen LogP contribution in [0, 0.1) is 0 Å². The van der Waals surface area contributed by atoms with Crippen molar-refractivity contribution in [2.24, 2.45) is 0 Å². The maximum atomic E-state index is 11.2. The second-order valence-corrected chi connectivity index (χ2v) is 7.46. The van der Waals surface area contributed by atoms with Gasteiger partial charge in [-0.1, -0.05) is 44.0 Å². The van der Waals surface area contributed by atoms with Crippen LogP contribution in [0.5, 0.6) is 0 Å². The number of halogens is 2. The zero-order chi connectivity index (χ0) is 12.9. The van der Waals surface area contributed by atoms with Gasteiger partial charge in [-0.15, -0.1) is 0 Å². The topological polar surface area (TPSA) is 43.4 Å². The molecular weight excluding hydrogens is 352 g/mol. The molecule has 17 heavy (non-hydrogen) atoms. The normalized spacial score (nSPS) is 11.0. The Labute approximate surface area is 117 Å². The molecular formula is C12H12Br2O3. The number of ether oxygens (including phenoxy) is 1. The first-order chi connectivity index (χ1) is 7.98. The largest absolute Gasteiger partial charge is 0.465 e. The average molecular weight is 364 g/mol. The minimum atomic E-state index is -0.666. The van der Waals surface area contributed by atoms with Crippen LogP contribution in [0.1, 0.15) is 22.3 Å². The summed E-state index contributed by atoms with van der Waals surface area (Å²) in [5, 5.41) is 0. The third kappa shape index (κ3) is 4.60. The highest BCUT2D eigenvalue weighted by Crippen LogP contribution is 2.29. The number of benzene rings is 1. The van der Waals surface area contributed by atoms with Crippen molar-refractivity contribution >= 4 is 44.1 Å². The molecule has 0 heterocycles. The van der Waals surface area contributed by atoms with Gasteiger partial charge in [-0.25, -0.2) is 4.79 Å². The first kappa shape index (κ1) is 14.4. The van der Waals surface area contributed by atoms with E-state index in [1.54, 1.807) is 12.1 Å². The van der Waals surface area contributed by atoms with Crippen LogP contribution in [0.15, 0.2) is 24.3 Å². The summed E-state index contributed by atoms with van der Waals surface area (Å²) in [6.45, 7) is 0. The molecule has 92 valence electrons. The van der Waals surface area contributed by atoms with Crippen molar-refractivity contribution in [3.63, 3.8) is 0 Å². The van der Waals surface area contributed by atoms with Gasteiger partial charge in [0.2, 0.25) is 0 Å². The Kier molecular flexibility index (Phi) is 5.33. The lowest BCUT2D eigenvalue weighted by atomic mass is 10.1. The van der Waals surface area contributed by atoms with Crippen molar-refractivity contribution in [3.05, 3.63) is 35.4 Å². The summed E-state index contributed by atoms with van der Waals surface area (Å²) in [7, 11) is 1.35. The quantitative estimate of drug-likeness (QED) is 0.458. The summed E-state index contributed by atoms with van der Waals surface area (Å²) >= 11 is 6.52. The summed E-state index contributed by atoms with van der Waals surface area (Å²) in [5.74, 6) is -0.347. The highest BCUT2D eigenvalue weighted by atomic mass is 79.9. The zero-order valence-corrected chi connectivity index (χ0v) is 12.5. The number of rotatable bonds is 5. The highest BCUT2D eigenvalue weighted by molar-refractivity contribution is 9.25. The molecule has 0 amide bonds. The van der Waals surface area contributed by atoms with Crippen LogP contribution in [0.4, 0.5) is 0 Å². The van der Waals surface area contributed by atoms with E-state index in [-0.39, 0.29) is 5.97 Å². The predicted octanol–water partition coefficient (Wildman–Crippen LogP) is 3.09. The van der Waals surface area contributed by atoms with Gasteiger partial charge in [-0.05, 0) is 30.5 Å². The van der Waals surface area contributed by atoms with E-state index in [1.807, 2.05) is 12.1 Å². The van der Waals surface area contributed by atoms with Gasteiger partial charge in [0.1, 0.15) is 9.52 Å². The molecule has 0 fully saturated rings. The van der Waals surface area contributed by atoms with Gasteiger partial charge in [0, 0.05) is 0 Å². The number of aryl methyl sites for hydroxylation is 1. The number of carbonyl (C=O) groups is 2. The molecule has 0 aromatic heterocycles. The smallest absolute Gasteiger partial charge is 0.337 e. The molecule has 0 saturated carbocycles. The molecule has 1 aromatic rings. The van der Waals surface area contributed by atoms with Crippen LogP contribution in [-0.2, 0) is 16.0 Å². The van der Waals surface area contributed by atoms with E-state index in [4.69, 9.17) is 0 Å². The van der Waals surface area contributed by atoms with Gasteiger partial charge < -0.3 is 9.53 Å². The molecule has 0 aliphatic rings. The summed E-state index contributed by atoms with van der Waals surface area (Å²) in [4.78, 5) is 21.9. The standard InChI is InChI=1S/C12H12Br2O3/c1-17-11(16)10-4-2-9(3-5-10)6-7-12(13,14)8-15/h2-5,8H,6-7H2,1H3. The molecule has 1 rings (SSSR count). The number of alkyl halides is 2. The molecule has 3 nitrogen and oxygen atoms in total. The summed E-state index contributed by atoms with van der Waals surface area (Å²) in [5.41, 5.74) is 1.58. The summed E-state index contributed by atoms with van der Waals surface area (Å²) in [6, 6.07) is 7.14. The molecule has 0 spiro atoms. The van der Waals surface area contributed by atoms with Crippen LogP contribution in [0.25, 0.3) is 0 Å². The zero-order valence-electron chi connectivity index (χ0n) is 9.28. The van der Waals surface area contributed by atoms with E-state index in [0.29, 0.717) is 12.0 Å². The molecule has 5 heteroatoms. The van der Waals surface area contributed by atoms with Gasteiger partial charge >= 0.3 is 5.97 Å². The lowest BCUT2D eigenvalue weighted by molar-refractivity contribution is -0.107. The number of esters is 1. The molecule has 0 aliphatic carbocycles.